The quantitative estimate of drug-likeness (QED) is 0.488. The first-order valence-corrected chi connectivity index (χ1v) is 7.54. The van der Waals surface area contributed by atoms with Crippen LogP contribution < -0.4 is 16.8 Å². The van der Waals surface area contributed by atoms with Crippen LogP contribution in [0.25, 0.3) is 0 Å². The number of ether oxygens (including phenoxy) is 1. The van der Waals surface area contributed by atoms with Gasteiger partial charge in [0.2, 0.25) is 5.91 Å². The largest absolute Gasteiger partial charge is 0.450 e. The number of hydrogen-bond donors (Lipinski definition) is 3. The van der Waals surface area contributed by atoms with Crippen LogP contribution in [0.5, 0.6) is 0 Å². The highest BCUT2D eigenvalue weighted by Gasteiger charge is 2.26. The number of amides is 2. The number of primary amides is 1. The van der Waals surface area contributed by atoms with Crippen LogP contribution in [0.3, 0.4) is 0 Å². The number of piperidine rings is 1. The maximum atomic E-state index is 11.6. The van der Waals surface area contributed by atoms with Gasteiger partial charge in [-0.1, -0.05) is 0 Å². The molecule has 1 rings (SSSR count). The van der Waals surface area contributed by atoms with E-state index in [1.807, 2.05) is 0 Å². The maximum Gasteiger partial charge on any atom is 0.409 e. The Morgan fingerprint density at radius 2 is 1.91 bits per heavy atom. The van der Waals surface area contributed by atoms with Crippen molar-refractivity contribution >= 4 is 18.0 Å². The Balaban J connectivity index is 2.40. The molecule has 0 radical (unpaired) electrons. The van der Waals surface area contributed by atoms with Gasteiger partial charge >= 0.3 is 6.09 Å². The third-order valence-corrected chi connectivity index (χ3v) is 3.68. The van der Waals surface area contributed by atoms with E-state index in [9.17, 15) is 9.59 Å². The lowest BCUT2D eigenvalue weighted by molar-refractivity contribution is -0.125. The van der Waals surface area contributed by atoms with Gasteiger partial charge in [0, 0.05) is 19.1 Å². The third kappa shape index (κ3) is 5.42. The number of guanidine groups is 1. The van der Waals surface area contributed by atoms with Crippen molar-refractivity contribution in [1.82, 2.24) is 10.2 Å². The molecule has 5 N–H and O–H groups in total. The summed E-state index contributed by atoms with van der Waals surface area (Å²) >= 11 is 0. The lowest BCUT2D eigenvalue weighted by Crippen LogP contribution is -2.49. The number of rotatable bonds is 5. The molecule has 1 aliphatic heterocycles. The van der Waals surface area contributed by atoms with Crippen molar-refractivity contribution in [3.05, 3.63) is 0 Å². The maximum absolute atomic E-state index is 11.6. The molecule has 0 atom stereocenters. The van der Waals surface area contributed by atoms with Crippen LogP contribution in [0, 0.1) is 5.41 Å². The lowest BCUT2D eigenvalue weighted by Gasteiger charge is -2.31. The number of carbonyl (C=O) groups excluding carboxylic acids is 2. The number of nitrogens with two attached hydrogens (primary N) is 2. The fourth-order valence-corrected chi connectivity index (χ4v) is 2.04. The molecule has 0 aromatic heterocycles. The summed E-state index contributed by atoms with van der Waals surface area (Å²) in [5.74, 6) is -0.115. The molecule has 126 valence electrons. The smallest absolute Gasteiger partial charge is 0.409 e. The van der Waals surface area contributed by atoms with Crippen molar-refractivity contribution in [2.24, 2.45) is 21.9 Å². The monoisotopic (exact) mass is 313 g/mol. The summed E-state index contributed by atoms with van der Waals surface area (Å²) in [6.45, 7) is 7.10. The minimum atomic E-state index is -0.723. The summed E-state index contributed by atoms with van der Waals surface area (Å²) in [6.07, 6.45) is 1.27. The predicted molar refractivity (Wildman–Crippen MR) is 84.2 cm³/mol. The second-order valence-electron chi connectivity index (χ2n) is 6.05. The Kier molecular flexibility index (Phi) is 6.45. The normalized spacial score (nSPS) is 17.2. The zero-order valence-corrected chi connectivity index (χ0v) is 13.6. The predicted octanol–water partition coefficient (Wildman–Crippen LogP) is 0.0231. The number of likely N-dealkylation sites (tertiary alicyclic amines) is 1. The Hall–Kier alpha value is -1.99. The van der Waals surface area contributed by atoms with Gasteiger partial charge in [0.25, 0.3) is 0 Å². The summed E-state index contributed by atoms with van der Waals surface area (Å²) in [6, 6.07) is 0.158. The summed E-state index contributed by atoms with van der Waals surface area (Å²) in [5.41, 5.74) is 10.4. The molecular weight excluding hydrogens is 286 g/mol. The Labute approximate surface area is 131 Å². The average Bonchev–Trinajstić information content (AvgIpc) is 2.46. The van der Waals surface area contributed by atoms with E-state index in [2.05, 4.69) is 10.3 Å². The van der Waals surface area contributed by atoms with Crippen LogP contribution in [-0.4, -0.2) is 55.1 Å². The molecule has 1 aliphatic rings. The van der Waals surface area contributed by atoms with Crippen LogP contribution in [0.2, 0.25) is 0 Å². The molecule has 1 heterocycles. The van der Waals surface area contributed by atoms with Gasteiger partial charge in [-0.3, -0.25) is 9.79 Å². The van der Waals surface area contributed by atoms with Crippen molar-refractivity contribution < 1.29 is 14.3 Å². The van der Waals surface area contributed by atoms with Crippen LogP contribution in [0.1, 0.15) is 33.6 Å². The molecule has 0 spiro atoms. The van der Waals surface area contributed by atoms with Gasteiger partial charge in [-0.25, -0.2) is 4.79 Å². The summed E-state index contributed by atoms with van der Waals surface area (Å²) in [5, 5.41) is 3.12. The topological polar surface area (TPSA) is 123 Å². The highest BCUT2D eigenvalue weighted by atomic mass is 16.6. The van der Waals surface area contributed by atoms with Crippen LogP contribution >= 0.6 is 0 Å². The zero-order chi connectivity index (χ0) is 16.8. The molecule has 8 nitrogen and oxygen atoms in total. The molecule has 1 fully saturated rings. The van der Waals surface area contributed by atoms with Crippen molar-refractivity contribution in [1.29, 1.82) is 0 Å². The molecule has 1 saturated heterocycles. The Morgan fingerprint density at radius 3 is 2.41 bits per heavy atom. The molecular formula is C14H27N5O3. The van der Waals surface area contributed by atoms with Crippen molar-refractivity contribution in [2.45, 2.75) is 39.7 Å². The van der Waals surface area contributed by atoms with E-state index >= 15 is 0 Å². The van der Waals surface area contributed by atoms with E-state index in [1.54, 1.807) is 25.7 Å². The number of aliphatic imine (C=N–C) groups is 1. The first-order chi connectivity index (χ1) is 10.3. The summed E-state index contributed by atoms with van der Waals surface area (Å²) < 4.78 is 4.97. The van der Waals surface area contributed by atoms with Gasteiger partial charge in [0.1, 0.15) is 0 Å². The minimum absolute atomic E-state index is 0.158. The highest BCUT2D eigenvalue weighted by molar-refractivity contribution is 5.82. The van der Waals surface area contributed by atoms with Gasteiger partial charge < -0.3 is 26.4 Å². The molecule has 0 saturated carbocycles. The number of hydrogen-bond acceptors (Lipinski definition) is 4. The molecule has 0 aromatic rings. The van der Waals surface area contributed by atoms with E-state index in [0.717, 1.165) is 12.8 Å². The fraction of sp³-hybridized carbons (Fsp3) is 0.786. The first kappa shape index (κ1) is 18.1. The lowest BCUT2D eigenvalue weighted by atomic mass is 9.93. The first-order valence-electron chi connectivity index (χ1n) is 7.54. The summed E-state index contributed by atoms with van der Waals surface area (Å²) in [4.78, 5) is 28.7. The molecule has 8 heteroatoms. The molecule has 0 aliphatic carbocycles. The van der Waals surface area contributed by atoms with E-state index in [0.29, 0.717) is 25.7 Å². The zero-order valence-electron chi connectivity index (χ0n) is 13.6. The number of nitrogens with zero attached hydrogens (tertiary/aromatic N) is 2. The molecule has 0 bridgehead atoms. The second-order valence-corrected chi connectivity index (χ2v) is 6.05. The van der Waals surface area contributed by atoms with Gasteiger partial charge in [0.05, 0.1) is 18.6 Å². The second kappa shape index (κ2) is 7.86. The third-order valence-electron chi connectivity index (χ3n) is 3.68. The van der Waals surface area contributed by atoms with Crippen molar-refractivity contribution in [3.63, 3.8) is 0 Å². The van der Waals surface area contributed by atoms with Crippen LogP contribution in [0.4, 0.5) is 4.79 Å². The van der Waals surface area contributed by atoms with Crippen molar-refractivity contribution in [2.75, 3.05) is 26.2 Å². The van der Waals surface area contributed by atoms with E-state index in [4.69, 9.17) is 16.2 Å². The highest BCUT2D eigenvalue weighted by Crippen LogP contribution is 2.14. The Morgan fingerprint density at radius 1 is 1.32 bits per heavy atom. The molecule has 22 heavy (non-hydrogen) atoms. The average molecular weight is 313 g/mol. The van der Waals surface area contributed by atoms with Crippen molar-refractivity contribution in [3.8, 4) is 0 Å². The van der Waals surface area contributed by atoms with E-state index in [1.165, 1.54) is 0 Å². The Bertz CT molecular complexity index is 428. The molecule has 0 aromatic carbocycles. The number of carbonyl (C=O) groups is 2. The van der Waals surface area contributed by atoms with Gasteiger partial charge in [-0.2, -0.15) is 0 Å². The van der Waals surface area contributed by atoms with Gasteiger partial charge in [-0.15, -0.1) is 0 Å². The number of nitrogens with one attached hydrogen (secondary N) is 1. The van der Waals surface area contributed by atoms with Crippen LogP contribution in [0.15, 0.2) is 4.99 Å². The standard InChI is InChI=1S/C14H27N5O3/c1-4-22-13(21)19-7-5-10(6-8-19)18-12(16)17-9-14(2,3)11(15)20/h10H,4-9H2,1-3H3,(H2,15,20)(H3,16,17,18). The molecule has 0 unspecified atom stereocenters. The fourth-order valence-electron chi connectivity index (χ4n) is 2.04. The molecule has 2 amide bonds. The van der Waals surface area contributed by atoms with Gasteiger partial charge in [-0.05, 0) is 33.6 Å². The van der Waals surface area contributed by atoms with E-state index < -0.39 is 11.3 Å². The minimum Gasteiger partial charge on any atom is -0.450 e. The van der Waals surface area contributed by atoms with Crippen LogP contribution in [-0.2, 0) is 9.53 Å². The van der Waals surface area contributed by atoms with Gasteiger partial charge in [0.15, 0.2) is 5.96 Å². The summed E-state index contributed by atoms with van der Waals surface area (Å²) in [7, 11) is 0. The van der Waals surface area contributed by atoms with E-state index in [-0.39, 0.29) is 18.7 Å². The SMILES string of the molecule is CCOC(=O)N1CCC(NC(N)=NCC(C)(C)C(N)=O)CC1.